The molecule has 3 rings (SSSR count). The molecule has 14 nitrogen and oxygen atoms in total. The van der Waals surface area contributed by atoms with Crippen LogP contribution in [-0.2, 0) is 19.2 Å². The molecule has 0 spiro atoms. The third-order valence-electron chi connectivity index (χ3n) is 8.44. The summed E-state index contributed by atoms with van der Waals surface area (Å²) in [5.74, 6) is 1.17. The summed E-state index contributed by atoms with van der Waals surface area (Å²) in [4.78, 5) is 40.0. The zero-order chi connectivity index (χ0) is 41.4. The number of nitrogens with zero attached hydrogens (tertiary/aromatic N) is 1. The van der Waals surface area contributed by atoms with Crippen molar-refractivity contribution in [2.24, 2.45) is 0 Å². The van der Waals surface area contributed by atoms with Crippen molar-refractivity contribution in [2.75, 3.05) is 52.4 Å². The average Bonchev–Trinajstić information content (AvgIpc) is 3.20. The number of carbonyl (C=O) groups is 2. The minimum atomic E-state index is -0.919. The lowest BCUT2D eigenvalue weighted by molar-refractivity contribution is -0.757. The van der Waals surface area contributed by atoms with Crippen LogP contribution in [0.1, 0.15) is 64.0 Å². The Morgan fingerprint density at radius 2 is 1.61 bits per heavy atom. The minimum Gasteiger partial charge on any atom is -0.493 e. The maximum atomic E-state index is 13.2. The number of hydrogen-bond donors (Lipinski definition) is 2. The largest absolute Gasteiger partial charge is 0.493 e. The SMILES string of the molecule is C/C=C\C(CC)Nc1cccc(OCC(CNCCOc2ccccc2OC)OC(=O)/C=C/c2ccc(OC(=O)CCCO[N+](=O)[O-])c(OC)c2)c1C(C)/C=C\C. The number of nitrogens with one attached hydrogen (secondary N) is 2. The number of benzene rings is 3. The smallest absolute Gasteiger partial charge is 0.331 e. The molecule has 3 atom stereocenters. The Bertz CT molecular complexity index is 1810. The quantitative estimate of drug-likeness (QED) is 0.0155. The van der Waals surface area contributed by atoms with Gasteiger partial charge >= 0.3 is 11.9 Å². The van der Waals surface area contributed by atoms with Gasteiger partial charge in [0, 0.05) is 48.8 Å². The maximum Gasteiger partial charge on any atom is 0.331 e. The van der Waals surface area contributed by atoms with Gasteiger partial charge in [-0.2, -0.15) is 0 Å². The van der Waals surface area contributed by atoms with Crippen LogP contribution >= 0.6 is 0 Å². The second-order valence-electron chi connectivity index (χ2n) is 12.7. The van der Waals surface area contributed by atoms with Gasteiger partial charge in [0.1, 0.15) is 25.1 Å². The Labute approximate surface area is 334 Å². The van der Waals surface area contributed by atoms with Gasteiger partial charge in [0.05, 0.1) is 20.8 Å². The number of esters is 2. The van der Waals surface area contributed by atoms with Crippen molar-refractivity contribution in [1.82, 2.24) is 5.32 Å². The number of anilines is 1. The van der Waals surface area contributed by atoms with Gasteiger partial charge in [0.2, 0.25) is 0 Å². The molecule has 308 valence electrons. The van der Waals surface area contributed by atoms with Crippen LogP contribution in [0.4, 0.5) is 5.69 Å². The summed E-state index contributed by atoms with van der Waals surface area (Å²) in [6.45, 7) is 9.14. The monoisotopic (exact) mass is 789 g/mol. The predicted molar refractivity (Wildman–Crippen MR) is 219 cm³/mol. The fraction of sp³-hybridized carbons (Fsp3) is 0.395. The number of hydrogen-bond acceptors (Lipinski definition) is 13. The van der Waals surface area contributed by atoms with Gasteiger partial charge in [-0.25, -0.2) is 4.79 Å². The normalized spacial score (nSPS) is 12.9. The third kappa shape index (κ3) is 15.9. The van der Waals surface area contributed by atoms with Crippen LogP contribution in [0, 0.1) is 10.1 Å². The van der Waals surface area contributed by atoms with E-state index in [1.807, 2.05) is 68.5 Å². The standard InChI is InChI=1S/C43H55N3O11/c1-7-14-31(4)43-35(45-33(9-3)15-8-2)16-12-19-39(43)54-30-34(29-44-25-27-53-37-18-11-10-17-36(37)51-5)56-42(48)24-22-32-21-23-38(40(28-32)52-6)57-41(47)20-13-26-55-46(49)50/h7-8,10-12,14-19,21-24,28,31,33-34,44-45H,9,13,20,25-27,29-30H2,1-6H3/b14-7-,15-8-,24-22+. The number of methoxy groups -OCH3 is 2. The molecule has 0 bridgehead atoms. The van der Waals surface area contributed by atoms with E-state index in [0.717, 1.165) is 17.7 Å². The molecule has 0 saturated carbocycles. The van der Waals surface area contributed by atoms with Crippen LogP contribution in [0.25, 0.3) is 6.08 Å². The van der Waals surface area contributed by atoms with Crippen LogP contribution in [0.15, 0.2) is 91.0 Å². The molecule has 0 radical (unpaired) electrons. The topological polar surface area (TPSA) is 166 Å². The fourth-order valence-electron chi connectivity index (χ4n) is 5.69. The molecule has 0 amide bonds. The number of para-hydroxylation sites is 2. The van der Waals surface area contributed by atoms with E-state index in [1.165, 1.54) is 19.3 Å². The summed E-state index contributed by atoms with van der Waals surface area (Å²) in [6.07, 6.45) is 11.4. The summed E-state index contributed by atoms with van der Waals surface area (Å²) < 4.78 is 34.4. The van der Waals surface area contributed by atoms with Gasteiger partial charge in [-0.05, 0) is 74.7 Å². The Morgan fingerprint density at radius 1 is 0.877 bits per heavy atom. The predicted octanol–water partition coefficient (Wildman–Crippen LogP) is 7.72. The highest BCUT2D eigenvalue weighted by Crippen LogP contribution is 2.35. The summed E-state index contributed by atoms with van der Waals surface area (Å²) >= 11 is 0. The van der Waals surface area contributed by atoms with Crippen molar-refractivity contribution in [3.8, 4) is 28.7 Å². The van der Waals surface area contributed by atoms with E-state index >= 15 is 0 Å². The van der Waals surface area contributed by atoms with Gasteiger partial charge in [0.15, 0.2) is 23.0 Å². The van der Waals surface area contributed by atoms with E-state index in [-0.39, 0.29) is 56.1 Å². The summed E-state index contributed by atoms with van der Waals surface area (Å²) in [5.41, 5.74) is 2.54. The third-order valence-corrected chi connectivity index (χ3v) is 8.44. The second-order valence-corrected chi connectivity index (χ2v) is 12.7. The van der Waals surface area contributed by atoms with Crippen molar-refractivity contribution in [3.05, 3.63) is 112 Å². The Balaban J connectivity index is 1.75. The lowest BCUT2D eigenvalue weighted by Gasteiger charge is -2.24. The molecule has 3 aromatic carbocycles. The van der Waals surface area contributed by atoms with Crippen molar-refractivity contribution in [2.45, 2.75) is 65.0 Å². The highest BCUT2D eigenvalue weighted by Gasteiger charge is 2.20. The van der Waals surface area contributed by atoms with E-state index in [9.17, 15) is 19.7 Å². The molecule has 57 heavy (non-hydrogen) atoms. The van der Waals surface area contributed by atoms with Crippen LogP contribution in [0.2, 0.25) is 0 Å². The van der Waals surface area contributed by atoms with Crippen LogP contribution in [0.5, 0.6) is 28.7 Å². The lowest BCUT2D eigenvalue weighted by atomic mass is 9.96. The van der Waals surface area contributed by atoms with E-state index in [0.29, 0.717) is 36.0 Å². The Hall–Kier alpha value is -6.02. The summed E-state index contributed by atoms with van der Waals surface area (Å²) in [6, 6.07) is 18.2. The van der Waals surface area contributed by atoms with Crippen molar-refractivity contribution >= 4 is 23.7 Å². The van der Waals surface area contributed by atoms with Crippen LogP contribution in [-0.4, -0.2) is 76.3 Å². The second kappa shape index (κ2) is 25.2. The molecular formula is C43H55N3O11. The number of carbonyl (C=O) groups excluding carboxylic acids is 2. The Morgan fingerprint density at radius 3 is 2.32 bits per heavy atom. The average molecular weight is 790 g/mol. The van der Waals surface area contributed by atoms with Crippen LogP contribution < -0.4 is 34.3 Å². The molecular weight excluding hydrogens is 734 g/mol. The summed E-state index contributed by atoms with van der Waals surface area (Å²) in [5, 5.41) is 16.3. The first kappa shape index (κ1) is 45.4. The van der Waals surface area contributed by atoms with Crippen LogP contribution in [0.3, 0.4) is 0 Å². The number of allylic oxidation sites excluding steroid dienone is 3. The molecule has 0 aliphatic heterocycles. The molecule has 0 aliphatic carbocycles. The van der Waals surface area contributed by atoms with Gasteiger partial charge in [-0.3, -0.25) is 4.79 Å². The zero-order valence-electron chi connectivity index (χ0n) is 33.6. The van der Waals surface area contributed by atoms with Crippen molar-refractivity contribution in [3.63, 3.8) is 0 Å². The maximum absolute atomic E-state index is 13.2. The van der Waals surface area contributed by atoms with E-state index in [2.05, 4.69) is 41.5 Å². The molecule has 0 aliphatic rings. The first-order chi connectivity index (χ1) is 27.6. The number of rotatable bonds is 26. The molecule has 0 fully saturated rings. The molecule has 0 heterocycles. The number of ether oxygens (including phenoxy) is 6. The molecule has 3 unspecified atom stereocenters. The highest BCUT2D eigenvalue weighted by molar-refractivity contribution is 5.87. The fourth-order valence-corrected chi connectivity index (χ4v) is 5.69. The minimum absolute atomic E-state index is 0.0354. The lowest BCUT2D eigenvalue weighted by Crippen LogP contribution is -2.37. The van der Waals surface area contributed by atoms with E-state index in [4.69, 9.17) is 28.4 Å². The molecule has 2 N–H and O–H groups in total. The highest BCUT2D eigenvalue weighted by atomic mass is 16.9. The molecule has 0 saturated heterocycles. The molecule has 0 aromatic heterocycles. The zero-order valence-corrected chi connectivity index (χ0v) is 33.6. The summed E-state index contributed by atoms with van der Waals surface area (Å²) in [7, 11) is 3.00. The first-order valence-electron chi connectivity index (χ1n) is 18.9. The van der Waals surface area contributed by atoms with Gasteiger partial charge in [-0.15, -0.1) is 10.1 Å². The van der Waals surface area contributed by atoms with Crippen molar-refractivity contribution in [1.29, 1.82) is 0 Å². The van der Waals surface area contributed by atoms with E-state index in [1.54, 1.807) is 25.3 Å². The first-order valence-corrected chi connectivity index (χ1v) is 18.9. The van der Waals surface area contributed by atoms with Gasteiger partial charge < -0.3 is 43.9 Å². The van der Waals surface area contributed by atoms with Gasteiger partial charge in [-0.1, -0.05) is 62.4 Å². The van der Waals surface area contributed by atoms with E-state index < -0.39 is 23.1 Å². The molecule has 14 heteroatoms. The van der Waals surface area contributed by atoms with Crippen molar-refractivity contribution < 1.29 is 47.9 Å². The molecule has 3 aromatic rings. The van der Waals surface area contributed by atoms with Gasteiger partial charge in [0.25, 0.3) is 5.09 Å². The Kier molecular flexibility index (Phi) is 20.1.